The molecule has 0 saturated carbocycles. The van der Waals surface area contributed by atoms with Gasteiger partial charge in [-0.15, -0.1) is 0 Å². The van der Waals surface area contributed by atoms with Gasteiger partial charge in [-0.05, 0) is 37.6 Å². The number of rotatable bonds is 5. The molecule has 1 atom stereocenters. The van der Waals surface area contributed by atoms with Gasteiger partial charge in [-0.3, -0.25) is 9.52 Å². The quantitative estimate of drug-likeness (QED) is 0.850. The van der Waals surface area contributed by atoms with Crippen LogP contribution in [0.5, 0.6) is 0 Å². The predicted molar refractivity (Wildman–Crippen MR) is 97.0 cm³/mol. The van der Waals surface area contributed by atoms with Gasteiger partial charge in [-0.1, -0.05) is 41.4 Å². The first-order valence-electron chi connectivity index (χ1n) is 7.30. The third-order valence-electron chi connectivity index (χ3n) is 3.45. The van der Waals surface area contributed by atoms with Gasteiger partial charge < -0.3 is 5.32 Å². The Kier molecular flexibility index (Phi) is 5.51. The van der Waals surface area contributed by atoms with E-state index < -0.39 is 10.0 Å². The maximum atomic E-state index is 12.3. The summed E-state index contributed by atoms with van der Waals surface area (Å²) in [5, 5.41) is 3.05. The van der Waals surface area contributed by atoms with Crippen molar-refractivity contribution in [1.29, 1.82) is 0 Å². The highest BCUT2D eigenvalue weighted by Gasteiger charge is 2.14. The first-order valence-corrected chi connectivity index (χ1v) is 9.57. The van der Waals surface area contributed by atoms with Crippen molar-refractivity contribution >= 4 is 33.2 Å². The Morgan fingerprint density at radius 3 is 2.29 bits per heavy atom. The van der Waals surface area contributed by atoms with Crippen molar-refractivity contribution in [2.24, 2.45) is 0 Å². The van der Waals surface area contributed by atoms with Crippen molar-refractivity contribution in [2.45, 2.75) is 19.9 Å². The molecule has 0 aliphatic heterocycles. The molecule has 0 heterocycles. The second kappa shape index (κ2) is 7.23. The number of amides is 1. The van der Waals surface area contributed by atoms with E-state index in [1.54, 1.807) is 0 Å². The van der Waals surface area contributed by atoms with E-state index in [0.717, 1.165) is 17.4 Å². The van der Waals surface area contributed by atoms with E-state index in [-0.39, 0.29) is 22.7 Å². The molecule has 0 spiro atoms. The average Bonchev–Trinajstić information content (AvgIpc) is 2.48. The minimum absolute atomic E-state index is 0.161. The Bertz CT molecular complexity index is 849. The van der Waals surface area contributed by atoms with Crippen molar-refractivity contribution in [2.75, 3.05) is 11.0 Å². The van der Waals surface area contributed by atoms with Gasteiger partial charge in [0.2, 0.25) is 10.0 Å². The lowest BCUT2D eigenvalue weighted by Gasteiger charge is -2.15. The fraction of sp³-hybridized carbons (Fsp3) is 0.235. The molecular weight excluding hydrogens is 348 g/mol. The standard InChI is InChI=1S/C17H19ClN2O3S/c1-11-4-6-13(7-5-11)12(2)19-17(21)14-8-9-16(15(18)10-14)20-24(3,22)23/h4-10,12,20H,1-3H3,(H,19,21)/t12-/m0/s1. The van der Waals surface area contributed by atoms with Crippen molar-refractivity contribution in [3.05, 3.63) is 64.2 Å². The number of hydrogen-bond acceptors (Lipinski definition) is 3. The van der Waals surface area contributed by atoms with Gasteiger partial charge in [0.25, 0.3) is 5.91 Å². The molecule has 0 bridgehead atoms. The SMILES string of the molecule is Cc1ccc([C@H](C)NC(=O)c2ccc(NS(C)(=O)=O)c(Cl)c2)cc1. The molecule has 0 fully saturated rings. The van der Waals surface area contributed by atoms with E-state index in [1.807, 2.05) is 38.1 Å². The summed E-state index contributed by atoms with van der Waals surface area (Å²) in [6.45, 7) is 3.89. The minimum atomic E-state index is -3.43. The third-order valence-corrected chi connectivity index (χ3v) is 4.35. The van der Waals surface area contributed by atoms with Crippen molar-refractivity contribution in [1.82, 2.24) is 5.32 Å². The van der Waals surface area contributed by atoms with E-state index in [2.05, 4.69) is 10.0 Å². The zero-order valence-electron chi connectivity index (χ0n) is 13.6. The van der Waals surface area contributed by atoms with Gasteiger partial charge in [0.05, 0.1) is 23.0 Å². The summed E-state index contributed by atoms with van der Waals surface area (Å²) in [5.74, 6) is -0.282. The Balaban J connectivity index is 2.12. The topological polar surface area (TPSA) is 75.3 Å². The third kappa shape index (κ3) is 4.97. The fourth-order valence-corrected chi connectivity index (χ4v) is 3.02. The van der Waals surface area contributed by atoms with Crippen LogP contribution in [-0.4, -0.2) is 20.6 Å². The number of halogens is 1. The molecule has 1 amide bonds. The fourth-order valence-electron chi connectivity index (χ4n) is 2.16. The van der Waals surface area contributed by atoms with Crippen LogP contribution in [0.2, 0.25) is 5.02 Å². The maximum absolute atomic E-state index is 12.3. The lowest BCUT2D eigenvalue weighted by molar-refractivity contribution is 0.0940. The molecule has 2 aromatic rings. The number of carbonyl (C=O) groups is 1. The molecule has 0 unspecified atom stereocenters. The summed E-state index contributed by atoms with van der Waals surface area (Å²) < 4.78 is 24.8. The molecule has 0 aliphatic rings. The second-order valence-electron chi connectivity index (χ2n) is 5.67. The zero-order chi connectivity index (χ0) is 17.9. The predicted octanol–water partition coefficient (Wildman–Crippen LogP) is 3.51. The number of sulfonamides is 1. The Morgan fingerprint density at radius 2 is 1.75 bits per heavy atom. The highest BCUT2D eigenvalue weighted by molar-refractivity contribution is 7.92. The summed E-state index contributed by atoms with van der Waals surface area (Å²) >= 11 is 6.04. The summed E-state index contributed by atoms with van der Waals surface area (Å²) in [6.07, 6.45) is 1.03. The molecule has 7 heteroatoms. The number of anilines is 1. The highest BCUT2D eigenvalue weighted by atomic mass is 35.5. The number of nitrogens with one attached hydrogen (secondary N) is 2. The molecule has 24 heavy (non-hydrogen) atoms. The van der Waals surface area contributed by atoms with E-state index >= 15 is 0 Å². The first kappa shape index (κ1) is 18.3. The summed E-state index contributed by atoms with van der Waals surface area (Å²) in [7, 11) is -3.43. The van der Waals surface area contributed by atoms with Crippen LogP contribution in [0.15, 0.2) is 42.5 Å². The number of aryl methyl sites for hydroxylation is 1. The van der Waals surface area contributed by atoms with Gasteiger partial charge in [0, 0.05) is 5.56 Å². The molecule has 2 N–H and O–H groups in total. The van der Waals surface area contributed by atoms with Crippen LogP contribution < -0.4 is 10.0 Å². The van der Waals surface area contributed by atoms with Crippen LogP contribution in [0.3, 0.4) is 0 Å². The largest absolute Gasteiger partial charge is 0.346 e. The van der Waals surface area contributed by atoms with Crippen LogP contribution in [0.25, 0.3) is 0 Å². The summed E-state index contributed by atoms with van der Waals surface area (Å²) in [5.41, 5.74) is 2.74. The van der Waals surface area contributed by atoms with Gasteiger partial charge in [0.15, 0.2) is 0 Å². The Hall–Kier alpha value is -2.05. The van der Waals surface area contributed by atoms with Crippen LogP contribution in [0.4, 0.5) is 5.69 Å². The smallest absolute Gasteiger partial charge is 0.251 e. The van der Waals surface area contributed by atoms with E-state index in [9.17, 15) is 13.2 Å². The first-order chi connectivity index (χ1) is 11.2. The van der Waals surface area contributed by atoms with Crippen molar-refractivity contribution in [3.8, 4) is 0 Å². The molecule has 0 radical (unpaired) electrons. The van der Waals surface area contributed by atoms with E-state index in [1.165, 1.54) is 18.2 Å². The molecular formula is C17H19ClN2O3S. The number of carbonyl (C=O) groups excluding carboxylic acids is 1. The van der Waals surface area contributed by atoms with Crippen LogP contribution >= 0.6 is 11.6 Å². The molecule has 128 valence electrons. The average molecular weight is 367 g/mol. The summed E-state index contributed by atoms with van der Waals surface area (Å²) in [6, 6.07) is 12.2. The van der Waals surface area contributed by atoms with Crippen molar-refractivity contribution < 1.29 is 13.2 Å². The Morgan fingerprint density at radius 1 is 1.12 bits per heavy atom. The lowest BCUT2D eigenvalue weighted by Crippen LogP contribution is -2.26. The van der Waals surface area contributed by atoms with Gasteiger partial charge in [0.1, 0.15) is 0 Å². The number of benzene rings is 2. The molecule has 5 nitrogen and oxygen atoms in total. The monoisotopic (exact) mass is 366 g/mol. The van der Waals surface area contributed by atoms with Gasteiger partial charge in [-0.25, -0.2) is 8.42 Å². The summed E-state index contributed by atoms with van der Waals surface area (Å²) in [4.78, 5) is 12.3. The molecule has 0 aromatic heterocycles. The molecule has 0 saturated heterocycles. The van der Waals surface area contributed by atoms with Crippen LogP contribution in [-0.2, 0) is 10.0 Å². The van der Waals surface area contributed by atoms with Gasteiger partial charge >= 0.3 is 0 Å². The van der Waals surface area contributed by atoms with Crippen LogP contribution in [0, 0.1) is 6.92 Å². The molecule has 2 aromatic carbocycles. The van der Waals surface area contributed by atoms with Crippen molar-refractivity contribution in [3.63, 3.8) is 0 Å². The molecule has 2 rings (SSSR count). The molecule has 0 aliphatic carbocycles. The van der Waals surface area contributed by atoms with Gasteiger partial charge in [-0.2, -0.15) is 0 Å². The van der Waals surface area contributed by atoms with Crippen LogP contribution in [0.1, 0.15) is 34.5 Å². The Labute approximate surface area is 147 Å². The normalized spacial score (nSPS) is 12.5. The number of hydrogen-bond donors (Lipinski definition) is 2. The minimum Gasteiger partial charge on any atom is -0.346 e. The maximum Gasteiger partial charge on any atom is 0.251 e. The zero-order valence-corrected chi connectivity index (χ0v) is 15.2. The lowest BCUT2D eigenvalue weighted by atomic mass is 10.1. The van der Waals surface area contributed by atoms with E-state index in [0.29, 0.717) is 5.56 Å². The second-order valence-corrected chi connectivity index (χ2v) is 7.83. The highest BCUT2D eigenvalue weighted by Crippen LogP contribution is 2.24. The van der Waals surface area contributed by atoms with E-state index in [4.69, 9.17) is 11.6 Å².